The van der Waals surface area contributed by atoms with Crippen LogP contribution < -0.4 is 5.73 Å². The van der Waals surface area contributed by atoms with E-state index in [2.05, 4.69) is 15.1 Å². The molecule has 0 bridgehead atoms. The van der Waals surface area contributed by atoms with Crippen LogP contribution in [0.1, 0.15) is 0 Å². The molecule has 0 aliphatic carbocycles. The predicted octanol–water partition coefficient (Wildman–Crippen LogP) is 2.56. The number of halogens is 1. The maximum Gasteiger partial charge on any atom is 0.175 e. The van der Waals surface area contributed by atoms with Crippen molar-refractivity contribution >= 4 is 17.3 Å². The molecule has 0 atom stereocenters. The summed E-state index contributed by atoms with van der Waals surface area (Å²) in [6, 6.07) is 7.61. The number of rotatable bonds is 2. The van der Waals surface area contributed by atoms with Crippen LogP contribution in [-0.2, 0) is 0 Å². The lowest BCUT2D eigenvalue weighted by Crippen LogP contribution is -1.98. The fourth-order valence-corrected chi connectivity index (χ4v) is 1.97. The molecule has 0 aliphatic heterocycles. The standard InChI is InChI=1S/C13H10ClN5/c14-12-6-16-8-17-13(12)19-7-10(5-18-19)9-2-1-3-11(15)4-9/h1-8H,15H2. The number of nitrogens with zero attached hydrogens (tertiary/aromatic N) is 4. The second-order valence-corrected chi connectivity index (χ2v) is 4.40. The van der Waals surface area contributed by atoms with Crippen LogP contribution in [0.15, 0.2) is 49.2 Å². The summed E-state index contributed by atoms with van der Waals surface area (Å²) in [5.74, 6) is 0.548. The van der Waals surface area contributed by atoms with Gasteiger partial charge in [0.2, 0.25) is 0 Å². The third-order valence-electron chi connectivity index (χ3n) is 2.67. The zero-order valence-corrected chi connectivity index (χ0v) is 10.6. The van der Waals surface area contributed by atoms with Crippen LogP contribution in [0.2, 0.25) is 5.02 Å². The van der Waals surface area contributed by atoms with Gasteiger partial charge in [0, 0.05) is 17.4 Å². The predicted molar refractivity (Wildman–Crippen MR) is 74.0 cm³/mol. The van der Waals surface area contributed by atoms with Crippen molar-refractivity contribution < 1.29 is 0 Å². The van der Waals surface area contributed by atoms with Gasteiger partial charge >= 0.3 is 0 Å². The highest BCUT2D eigenvalue weighted by atomic mass is 35.5. The van der Waals surface area contributed by atoms with Crippen LogP contribution in [0.5, 0.6) is 0 Å². The molecule has 0 saturated heterocycles. The Hall–Kier alpha value is -2.40. The summed E-state index contributed by atoms with van der Waals surface area (Å²) in [4.78, 5) is 7.95. The summed E-state index contributed by atoms with van der Waals surface area (Å²) in [6.45, 7) is 0. The van der Waals surface area contributed by atoms with Crippen molar-refractivity contribution in [3.8, 4) is 16.9 Å². The lowest BCUT2D eigenvalue weighted by atomic mass is 10.1. The van der Waals surface area contributed by atoms with Crippen molar-refractivity contribution in [1.29, 1.82) is 0 Å². The average molecular weight is 272 g/mol. The highest BCUT2D eigenvalue weighted by molar-refractivity contribution is 6.32. The van der Waals surface area contributed by atoms with E-state index in [0.717, 1.165) is 11.1 Å². The molecule has 0 fully saturated rings. The number of aromatic nitrogens is 4. The Morgan fingerprint density at radius 3 is 2.84 bits per heavy atom. The molecule has 0 amide bonds. The van der Waals surface area contributed by atoms with E-state index in [1.807, 2.05) is 30.5 Å². The third-order valence-corrected chi connectivity index (χ3v) is 2.93. The van der Waals surface area contributed by atoms with Crippen molar-refractivity contribution in [2.24, 2.45) is 0 Å². The molecule has 0 aliphatic rings. The highest BCUT2D eigenvalue weighted by Gasteiger charge is 2.07. The number of hydrogen-bond acceptors (Lipinski definition) is 4. The number of nitrogens with two attached hydrogens (primary N) is 1. The number of hydrogen-bond donors (Lipinski definition) is 1. The largest absolute Gasteiger partial charge is 0.399 e. The minimum atomic E-state index is 0.449. The van der Waals surface area contributed by atoms with Crippen LogP contribution in [0.25, 0.3) is 16.9 Å². The van der Waals surface area contributed by atoms with Gasteiger partial charge in [0.15, 0.2) is 5.82 Å². The molecule has 2 heterocycles. The van der Waals surface area contributed by atoms with Gasteiger partial charge in [-0.2, -0.15) is 5.10 Å². The molecule has 2 aromatic heterocycles. The van der Waals surface area contributed by atoms with Crippen molar-refractivity contribution in [3.63, 3.8) is 0 Å². The van der Waals surface area contributed by atoms with E-state index in [9.17, 15) is 0 Å². The van der Waals surface area contributed by atoms with Crippen LogP contribution in [0.3, 0.4) is 0 Å². The summed E-state index contributed by atoms with van der Waals surface area (Å²) in [5.41, 5.74) is 8.43. The van der Waals surface area contributed by atoms with Crippen molar-refractivity contribution in [3.05, 3.63) is 54.2 Å². The SMILES string of the molecule is Nc1cccc(-c2cnn(-c3ncncc3Cl)c2)c1. The Kier molecular flexibility index (Phi) is 2.89. The molecule has 5 nitrogen and oxygen atoms in total. The molecule has 19 heavy (non-hydrogen) atoms. The summed E-state index contributed by atoms with van der Waals surface area (Å²) >= 11 is 6.03. The monoisotopic (exact) mass is 271 g/mol. The lowest BCUT2D eigenvalue weighted by molar-refractivity contribution is 0.840. The second-order valence-electron chi connectivity index (χ2n) is 3.99. The van der Waals surface area contributed by atoms with Crippen LogP contribution in [0, 0.1) is 0 Å². The molecule has 6 heteroatoms. The Morgan fingerprint density at radius 1 is 1.16 bits per heavy atom. The first-order valence-electron chi connectivity index (χ1n) is 5.60. The molecule has 1 aromatic carbocycles. The first kappa shape index (κ1) is 11.7. The summed E-state index contributed by atoms with van der Waals surface area (Å²) in [6.07, 6.45) is 6.56. The molecule has 0 unspecified atom stereocenters. The summed E-state index contributed by atoms with van der Waals surface area (Å²) < 4.78 is 1.61. The van der Waals surface area contributed by atoms with E-state index in [-0.39, 0.29) is 0 Å². The van der Waals surface area contributed by atoms with Gasteiger partial charge in [-0.3, -0.25) is 0 Å². The van der Waals surface area contributed by atoms with Gasteiger partial charge in [-0.25, -0.2) is 14.6 Å². The van der Waals surface area contributed by atoms with Gasteiger partial charge in [0.1, 0.15) is 11.3 Å². The maximum absolute atomic E-state index is 6.03. The normalized spacial score (nSPS) is 10.6. The Morgan fingerprint density at radius 2 is 2.05 bits per heavy atom. The number of nitrogen functional groups attached to an aromatic ring is 1. The Labute approximate surface area is 114 Å². The van der Waals surface area contributed by atoms with Gasteiger partial charge in [0.05, 0.1) is 12.4 Å². The van der Waals surface area contributed by atoms with Crippen molar-refractivity contribution in [2.75, 3.05) is 5.73 Å². The first-order chi connectivity index (χ1) is 9.24. The topological polar surface area (TPSA) is 69.6 Å². The van der Waals surface area contributed by atoms with E-state index in [1.54, 1.807) is 10.9 Å². The molecular formula is C13H10ClN5. The minimum Gasteiger partial charge on any atom is -0.399 e. The van der Waals surface area contributed by atoms with E-state index in [0.29, 0.717) is 16.5 Å². The van der Waals surface area contributed by atoms with Gasteiger partial charge in [-0.05, 0) is 17.7 Å². The lowest BCUT2D eigenvalue weighted by Gasteiger charge is -2.01. The second kappa shape index (κ2) is 4.70. The highest BCUT2D eigenvalue weighted by Crippen LogP contribution is 2.23. The smallest absolute Gasteiger partial charge is 0.175 e. The quantitative estimate of drug-likeness (QED) is 0.727. The fraction of sp³-hybridized carbons (Fsp3) is 0. The van der Waals surface area contributed by atoms with Gasteiger partial charge < -0.3 is 5.73 Å². The van der Waals surface area contributed by atoms with Crippen molar-refractivity contribution in [2.45, 2.75) is 0 Å². The molecule has 3 aromatic rings. The van der Waals surface area contributed by atoms with E-state index in [1.165, 1.54) is 12.5 Å². The van der Waals surface area contributed by atoms with Crippen LogP contribution >= 0.6 is 11.6 Å². The van der Waals surface area contributed by atoms with Gasteiger partial charge in [-0.15, -0.1) is 0 Å². The fourth-order valence-electron chi connectivity index (χ4n) is 1.78. The minimum absolute atomic E-state index is 0.449. The Bertz CT molecular complexity index is 722. The maximum atomic E-state index is 6.03. The van der Waals surface area contributed by atoms with Gasteiger partial charge in [0.25, 0.3) is 0 Å². The molecule has 3 rings (SSSR count). The van der Waals surface area contributed by atoms with E-state index in [4.69, 9.17) is 17.3 Å². The van der Waals surface area contributed by atoms with Crippen LogP contribution in [-0.4, -0.2) is 19.7 Å². The summed E-state index contributed by atoms with van der Waals surface area (Å²) in [7, 11) is 0. The summed E-state index contributed by atoms with van der Waals surface area (Å²) in [5, 5.41) is 4.70. The van der Waals surface area contributed by atoms with E-state index >= 15 is 0 Å². The van der Waals surface area contributed by atoms with Crippen LogP contribution in [0.4, 0.5) is 5.69 Å². The average Bonchev–Trinajstić information content (AvgIpc) is 2.89. The van der Waals surface area contributed by atoms with Crippen molar-refractivity contribution in [1.82, 2.24) is 19.7 Å². The molecular weight excluding hydrogens is 262 g/mol. The van der Waals surface area contributed by atoms with E-state index < -0.39 is 0 Å². The molecule has 2 N–H and O–H groups in total. The Balaban J connectivity index is 2.03. The number of anilines is 1. The molecule has 0 saturated carbocycles. The molecule has 94 valence electrons. The van der Waals surface area contributed by atoms with Gasteiger partial charge in [-0.1, -0.05) is 23.7 Å². The number of benzene rings is 1. The zero-order valence-electron chi connectivity index (χ0n) is 9.86. The molecule has 0 spiro atoms. The molecule has 0 radical (unpaired) electrons. The first-order valence-corrected chi connectivity index (χ1v) is 5.98. The zero-order chi connectivity index (χ0) is 13.2. The third kappa shape index (κ3) is 2.28.